The highest BCUT2D eigenvalue weighted by Crippen LogP contribution is 2.39. The number of hydrogen-bond donors (Lipinski definition) is 3. The van der Waals surface area contributed by atoms with Crippen molar-refractivity contribution in [3.8, 4) is 0 Å². The van der Waals surface area contributed by atoms with Gasteiger partial charge in [-0.1, -0.05) is 17.7 Å². The fraction of sp³-hybridized carbons (Fsp3) is 0.357. The van der Waals surface area contributed by atoms with Crippen LogP contribution in [0, 0.1) is 5.92 Å². The summed E-state index contributed by atoms with van der Waals surface area (Å²) in [6.07, 6.45) is 2.81. The van der Waals surface area contributed by atoms with Crippen molar-refractivity contribution in [1.82, 2.24) is 10.3 Å². The Morgan fingerprint density at radius 2 is 2.35 bits per heavy atom. The van der Waals surface area contributed by atoms with E-state index in [1.165, 1.54) is 0 Å². The minimum Gasteiger partial charge on any atom is -0.393 e. The molecule has 0 aliphatic heterocycles. The highest BCUT2D eigenvalue weighted by molar-refractivity contribution is 7.10. The second kappa shape index (κ2) is 5.60. The van der Waals surface area contributed by atoms with Gasteiger partial charge in [0, 0.05) is 11.1 Å². The lowest BCUT2D eigenvalue weighted by Crippen LogP contribution is -2.41. The molecule has 0 bridgehead atoms. The SMILES string of the molecule is O=C(NC(c1cccs1)C1CC(O)C1)c1cc(Cl)c[nH]1. The Balaban J connectivity index is 1.75. The molecular weight excluding hydrogens is 296 g/mol. The lowest BCUT2D eigenvalue weighted by atomic mass is 9.76. The first-order valence-corrected chi connectivity index (χ1v) is 7.75. The van der Waals surface area contributed by atoms with E-state index in [-0.39, 0.29) is 24.0 Å². The molecule has 3 N–H and O–H groups in total. The van der Waals surface area contributed by atoms with Gasteiger partial charge in [0.2, 0.25) is 0 Å². The van der Waals surface area contributed by atoms with Crippen LogP contribution >= 0.6 is 22.9 Å². The summed E-state index contributed by atoms with van der Waals surface area (Å²) in [5, 5.41) is 15.0. The smallest absolute Gasteiger partial charge is 0.268 e. The van der Waals surface area contributed by atoms with Crippen LogP contribution in [0.25, 0.3) is 0 Å². The van der Waals surface area contributed by atoms with Gasteiger partial charge >= 0.3 is 0 Å². The van der Waals surface area contributed by atoms with Crippen LogP contribution in [0.3, 0.4) is 0 Å². The number of aromatic amines is 1. The number of amides is 1. The number of aliphatic hydroxyl groups is 1. The molecule has 1 atom stereocenters. The number of aliphatic hydroxyl groups excluding tert-OH is 1. The molecule has 20 heavy (non-hydrogen) atoms. The molecule has 1 amide bonds. The summed E-state index contributed by atoms with van der Waals surface area (Å²) in [7, 11) is 0. The fourth-order valence-corrected chi connectivity index (χ4v) is 3.54. The molecule has 106 valence electrons. The molecule has 6 heteroatoms. The highest BCUT2D eigenvalue weighted by Gasteiger charge is 2.36. The number of nitrogens with one attached hydrogen (secondary N) is 2. The molecule has 0 saturated heterocycles. The van der Waals surface area contributed by atoms with Gasteiger partial charge in [-0.3, -0.25) is 4.79 Å². The molecule has 1 aliphatic carbocycles. The number of carbonyl (C=O) groups is 1. The Morgan fingerprint density at radius 3 is 2.90 bits per heavy atom. The van der Waals surface area contributed by atoms with Crippen LogP contribution in [0.5, 0.6) is 0 Å². The summed E-state index contributed by atoms with van der Waals surface area (Å²) < 4.78 is 0. The third-order valence-corrected chi connectivity index (χ3v) is 4.82. The Kier molecular flexibility index (Phi) is 3.83. The predicted octanol–water partition coefficient (Wildman–Crippen LogP) is 2.97. The molecule has 3 rings (SSSR count). The van der Waals surface area contributed by atoms with Crippen molar-refractivity contribution in [1.29, 1.82) is 0 Å². The number of aromatic nitrogens is 1. The van der Waals surface area contributed by atoms with Gasteiger partial charge in [0.25, 0.3) is 5.91 Å². The molecule has 0 spiro atoms. The van der Waals surface area contributed by atoms with E-state index in [4.69, 9.17) is 11.6 Å². The molecule has 1 unspecified atom stereocenters. The van der Waals surface area contributed by atoms with E-state index in [2.05, 4.69) is 10.3 Å². The van der Waals surface area contributed by atoms with Crippen LogP contribution in [-0.2, 0) is 0 Å². The Labute approximate surface area is 125 Å². The van der Waals surface area contributed by atoms with Gasteiger partial charge in [-0.25, -0.2) is 0 Å². The maximum atomic E-state index is 12.2. The van der Waals surface area contributed by atoms with Crippen molar-refractivity contribution >= 4 is 28.8 Å². The van der Waals surface area contributed by atoms with Gasteiger partial charge in [-0.15, -0.1) is 11.3 Å². The van der Waals surface area contributed by atoms with Gasteiger partial charge in [0.15, 0.2) is 0 Å². The Hall–Kier alpha value is -1.30. The minimum absolute atomic E-state index is 0.0482. The van der Waals surface area contributed by atoms with Crippen molar-refractivity contribution in [3.63, 3.8) is 0 Å². The number of H-pyrrole nitrogens is 1. The predicted molar refractivity (Wildman–Crippen MR) is 79.1 cm³/mol. The molecule has 1 aliphatic rings. The van der Waals surface area contributed by atoms with Crippen LogP contribution in [0.2, 0.25) is 5.02 Å². The lowest BCUT2D eigenvalue weighted by Gasteiger charge is -2.37. The van der Waals surface area contributed by atoms with Gasteiger partial charge in [0.05, 0.1) is 17.2 Å². The maximum Gasteiger partial charge on any atom is 0.268 e. The topological polar surface area (TPSA) is 65.1 Å². The molecule has 4 nitrogen and oxygen atoms in total. The van der Waals surface area contributed by atoms with Crippen LogP contribution < -0.4 is 5.32 Å². The standard InChI is InChI=1S/C14H15ClN2O2S/c15-9-6-11(16-7-9)14(19)17-13(8-4-10(18)5-8)12-2-1-3-20-12/h1-3,6-8,10,13,16,18H,4-5H2,(H,17,19). The largest absolute Gasteiger partial charge is 0.393 e. The van der Waals surface area contributed by atoms with Crippen LogP contribution in [0.15, 0.2) is 29.8 Å². The molecule has 2 aromatic heterocycles. The van der Waals surface area contributed by atoms with Crippen molar-refractivity contribution in [3.05, 3.63) is 45.4 Å². The van der Waals surface area contributed by atoms with E-state index in [0.29, 0.717) is 10.7 Å². The summed E-state index contributed by atoms with van der Waals surface area (Å²) in [6, 6.07) is 5.55. The van der Waals surface area contributed by atoms with E-state index in [9.17, 15) is 9.90 Å². The quantitative estimate of drug-likeness (QED) is 0.813. The highest BCUT2D eigenvalue weighted by atomic mass is 35.5. The Bertz CT molecular complexity index is 590. The first-order chi connectivity index (χ1) is 9.63. The molecule has 1 fully saturated rings. The Morgan fingerprint density at radius 1 is 1.55 bits per heavy atom. The monoisotopic (exact) mass is 310 g/mol. The average Bonchev–Trinajstić information content (AvgIpc) is 3.03. The van der Waals surface area contributed by atoms with Crippen LogP contribution in [-0.4, -0.2) is 22.1 Å². The lowest BCUT2D eigenvalue weighted by molar-refractivity contribution is 0.0240. The summed E-state index contributed by atoms with van der Waals surface area (Å²) in [5.74, 6) is 0.120. The molecule has 2 aromatic rings. The van der Waals surface area contributed by atoms with E-state index in [1.54, 1.807) is 23.6 Å². The van der Waals surface area contributed by atoms with E-state index in [0.717, 1.165) is 17.7 Å². The third-order valence-electron chi connectivity index (χ3n) is 3.65. The number of thiophene rings is 1. The second-order valence-corrected chi connectivity index (χ2v) is 6.50. The number of rotatable bonds is 4. The van der Waals surface area contributed by atoms with Gasteiger partial charge in [-0.2, -0.15) is 0 Å². The number of hydrogen-bond acceptors (Lipinski definition) is 3. The molecule has 0 radical (unpaired) electrons. The maximum absolute atomic E-state index is 12.2. The van der Waals surface area contributed by atoms with Crippen molar-refractivity contribution in [2.24, 2.45) is 5.92 Å². The van der Waals surface area contributed by atoms with Crippen molar-refractivity contribution in [2.45, 2.75) is 25.0 Å². The molecule has 0 aromatic carbocycles. The van der Waals surface area contributed by atoms with E-state index < -0.39 is 0 Å². The third kappa shape index (κ3) is 2.75. The second-order valence-electron chi connectivity index (χ2n) is 5.08. The summed E-state index contributed by atoms with van der Waals surface area (Å²) in [5.41, 5.74) is 0.455. The zero-order chi connectivity index (χ0) is 14.1. The first-order valence-electron chi connectivity index (χ1n) is 6.49. The van der Waals surface area contributed by atoms with Crippen LogP contribution in [0.4, 0.5) is 0 Å². The van der Waals surface area contributed by atoms with E-state index in [1.807, 2.05) is 17.5 Å². The summed E-state index contributed by atoms with van der Waals surface area (Å²) >= 11 is 7.44. The number of halogens is 1. The van der Waals surface area contributed by atoms with Crippen molar-refractivity contribution < 1.29 is 9.90 Å². The van der Waals surface area contributed by atoms with Gasteiger partial charge in [0.1, 0.15) is 5.69 Å². The molecular formula is C14H15ClN2O2S. The average molecular weight is 311 g/mol. The van der Waals surface area contributed by atoms with Gasteiger partial charge in [-0.05, 0) is 36.3 Å². The normalized spacial score (nSPS) is 23.1. The number of carbonyl (C=O) groups excluding carboxylic acids is 1. The van der Waals surface area contributed by atoms with E-state index >= 15 is 0 Å². The summed E-state index contributed by atoms with van der Waals surface area (Å²) in [4.78, 5) is 16.2. The summed E-state index contributed by atoms with van der Waals surface area (Å²) in [6.45, 7) is 0. The fourth-order valence-electron chi connectivity index (χ4n) is 2.51. The van der Waals surface area contributed by atoms with Gasteiger partial charge < -0.3 is 15.4 Å². The van der Waals surface area contributed by atoms with Crippen LogP contribution in [0.1, 0.15) is 34.2 Å². The minimum atomic E-state index is -0.237. The first kappa shape index (κ1) is 13.7. The molecule has 1 saturated carbocycles. The van der Waals surface area contributed by atoms with Crippen molar-refractivity contribution in [2.75, 3.05) is 0 Å². The zero-order valence-corrected chi connectivity index (χ0v) is 12.2. The molecule has 2 heterocycles. The zero-order valence-electron chi connectivity index (χ0n) is 10.7.